The van der Waals surface area contributed by atoms with Crippen molar-refractivity contribution in [1.82, 2.24) is 14.1 Å². The maximum absolute atomic E-state index is 13.4. The summed E-state index contributed by atoms with van der Waals surface area (Å²) in [6, 6.07) is 0. The Balaban J connectivity index is 2.01. The van der Waals surface area contributed by atoms with Gasteiger partial charge in [-0.3, -0.25) is 4.68 Å². The van der Waals surface area contributed by atoms with Gasteiger partial charge in [-0.15, -0.1) is 0 Å². The van der Waals surface area contributed by atoms with E-state index in [1.807, 2.05) is 11.6 Å². The molecular formula is C16H27N3O3S. The molecule has 0 unspecified atom stereocenters. The Hall–Kier alpha value is -0.920. The van der Waals surface area contributed by atoms with Crippen molar-refractivity contribution in [3.05, 3.63) is 11.4 Å². The van der Waals surface area contributed by atoms with E-state index in [1.54, 1.807) is 11.2 Å². The Labute approximate surface area is 138 Å². The molecule has 1 saturated heterocycles. The molecule has 0 radical (unpaired) electrons. The molecular weight excluding hydrogens is 314 g/mol. The number of aryl methyl sites for hydroxylation is 1. The highest BCUT2D eigenvalue weighted by Gasteiger charge is 2.51. The molecule has 1 spiro atoms. The number of hydrogen-bond donors (Lipinski definition) is 0. The topological polar surface area (TPSA) is 64.4 Å². The average molecular weight is 341 g/mol. The highest BCUT2D eigenvalue weighted by atomic mass is 32.2. The summed E-state index contributed by atoms with van der Waals surface area (Å²) in [5.41, 5.74) is 1.03. The van der Waals surface area contributed by atoms with Crippen LogP contribution in [-0.4, -0.2) is 47.8 Å². The van der Waals surface area contributed by atoms with E-state index in [9.17, 15) is 8.42 Å². The van der Waals surface area contributed by atoms with E-state index in [0.717, 1.165) is 31.5 Å². The van der Waals surface area contributed by atoms with Gasteiger partial charge in [0, 0.05) is 13.1 Å². The fourth-order valence-electron chi connectivity index (χ4n) is 3.76. The van der Waals surface area contributed by atoms with Gasteiger partial charge in [-0.25, -0.2) is 8.42 Å². The fourth-order valence-corrected chi connectivity index (χ4v) is 5.93. The molecule has 1 saturated carbocycles. The number of nitrogens with zero attached hydrogens (tertiary/aromatic N) is 3. The first-order chi connectivity index (χ1) is 10.8. The van der Waals surface area contributed by atoms with Crippen LogP contribution in [0.2, 0.25) is 0 Å². The van der Waals surface area contributed by atoms with Crippen molar-refractivity contribution in [3.63, 3.8) is 0 Å². The van der Waals surface area contributed by atoms with Crippen LogP contribution < -0.4 is 0 Å². The molecule has 0 aromatic carbocycles. The van der Waals surface area contributed by atoms with Crippen LogP contribution >= 0.6 is 0 Å². The second-order valence-corrected chi connectivity index (χ2v) is 9.08. The molecule has 2 heterocycles. The molecule has 0 bridgehead atoms. The Kier molecular flexibility index (Phi) is 4.31. The first kappa shape index (κ1) is 16.9. The van der Waals surface area contributed by atoms with E-state index in [1.165, 1.54) is 0 Å². The standard InChI is InChI=1S/C16H27N3O3S/c1-12(2)10-18-14(4)15(13(3)17-18)23(20,21)19-8-9-22-11-16(19)6-5-7-16/h12H,5-11H2,1-4H3. The minimum absolute atomic E-state index is 0.323. The van der Waals surface area contributed by atoms with E-state index < -0.39 is 10.0 Å². The lowest BCUT2D eigenvalue weighted by Gasteiger charge is -2.51. The second kappa shape index (κ2) is 5.86. The lowest BCUT2D eigenvalue weighted by Crippen LogP contribution is -2.62. The molecule has 1 aliphatic carbocycles. The van der Waals surface area contributed by atoms with Crippen molar-refractivity contribution in [1.29, 1.82) is 0 Å². The molecule has 0 atom stereocenters. The molecule has 1 aromatic rings. The maximum atomic E-state index is 13.4. The molecule has 1 aliphatic heterocycles. The number of rotatable bonds is 4. The van der Waals surface area contributed by atoms with Crippen LogP contribution in [0.5, 0.6) is 0 Å². The van der Waals surface area contributed by atoms with Crippen molar-refractivity contribution in [3.8, 4) is 0 Å². The van der Waals surface area contributed by atoms with Crippen LogP contribution in [0.4, 0.5) is 0 Å². The third-order valence-electron chi connectivity index (χ3n) is 5.02. The fraction of sp³-hybridized carbons (Fsp3) is 0.812. The first-order valence-corrected chi connectivity index (χ1v) is 9.86. The lowest BCUT2D eigenvalue weighted by atomic mass is 9.77. The van der Waals surface area contributed by atoms with E-state index in [-0.39, 0.29) is 5.54 Å². The van der Waals surface area contributed by atoms with Crippen LogP contribution in [0, 0.1) is 19.8 Å². The molecule has 7 heteroatoms. The zero-order chi connectivity index (χ0) is 16.8. The summed E-state index contributed by atoms with van der Waals surface area (Å²) in [7, 11) is -3.54. The maximum Gasteiger partial charge on any atom is 0.247 e. The van der Waals surface area contributed by atoms with Gasteiger partial charge in [0.2, 0.25) is 10.0 Å². The minimum Gasteiger partial charge on any atom is -0.378 e. The van der Waals surface area contributed by atoms with Crippen molar-refractivity contribution >= 4 is 10.0 Å². The summed E-state index contributed by atoms with van der Waals surface area (Å²) < 4.78 is 35.8. The summed E-state index contributed by atoms with van der Waals surface area (Å²) in [5, 5.41) is 4.48. The zero-order valence-corrected chi connectivity index (χ0v) is 15.3. The van der Waals surface area contributed by atoms with Gasteiger partial charge in [0.05, 0.1) is 30.1 Å². The molecule has 6 nitrogen and oxygen atoms in total. The largest absolute Gasteiger partial charge is 0.378 e. The Morgan fingerprint density at radius 3 is 2.57 bits per heavy atom. The van der Waals surface area contributed by atoms with Gasteiger partial charge in [0.1, 0.15) is 4.90 Å². The molecule has 1 aromatic heterocycles. The van der Waals surface area contributed by atoms with Gasteiger partial charge in [-0.2, -0.15) is 9.40 Å². The molecule has 23 heavy (non-hydrogen) atoms. The number of morpholine rings is 1. The van der Waals surface area contributed by atoms with Crippen LogP contribution in [0.3, 0.4) is 0 Å². The number of sulfonamides is 1. The summed E-state index contributed by atoms with van der Waals surface area (Å²) in [4.78, 5) is 0.395. The van der Waals surface area contributed by atoms with Crippen LogP contribution in [0.25, 0.3) is 0 Å². The van der Waals surface area contributed by atoms with E-state index in [4.69, 9.17) is 4.74 Å². The Bertz CT molecular complexity index is 690. The number of hydrogen-bond acceptors (Lipinski definition) is 4. The summed E-state index contributed by atoms with van der Waals surface area (Å²) in [6.07, 6.45) is 2.86. The molecule has 2 fully saturated rings. The normalized spacial score (nSPS) is 21.8. The molecule has 130 valence electrons. The van der Waals surface area contributed by atoms with E-state index in [0.29, 0.717) is 36.3 Å². The summed E-state index contributed by atoms with van der Waals surface area (Å²) in [6.45, 7) is 10.0. The molecule has 3 rings (SSSR count). The third-order valence-corrected chi connectivity index (χ3v) is 7.28. The van der Waals surface area contributed by atoms with Gasteiger partial charge >= 0.3 is 0 Å². The molecule has 0 N–H and O–H groups in total. The second-order valence-electron chi connectivity index (χ2n) is 7.28. The molecule has 2 aliphatic rings. The average Bonchev–Trinajstić information content (AvgIpc) is 2.71. The van der Waals surface area contributed by atoms with Crippen molar-refractivity contribution in [2.24, 2.45) is 5.92 Å². The van der Waals surface area contributed by atoms with Crippen LogP contribution in [0.1, 0.15) is 44.5 Å². The highest BCUT2D eigenvalue weighted by Crippen LogP contribution is 2.43. The molecule has 0 amide bonds. The lowest BCUT2D eigenvalue weighted by molar-refractivity contribution is -0.0649. The van der Waals surface area contributed by atoms with Crippen molar-refractivity contribution in [2.75, 3.05) is 19.8 Å². The van der Waals surface area contributed by atoms with Crippen LogP contribution in [0.15, 0.2) is 4.90 Å². The minimum atomic E-state index is -3.54. The van der Waals surface area contributed by atoms with Gasteiger partial charge in [-0.1, -0.05) is 13.8 Å². The highest BCUT2D eigenvalue weighted by molar-refractivity contribution is 7.89. The summed E-state index contributed by atoms with van der Waals surface area (Å²) >= 11 is 0. The predicted octanol–water partition coefficient (Wildman–Crippen LogP) is 2.10. The Morgan fingerprint density at radius 1 is 1.30 bits per heavy atom. The predicted molar refractivity (Wildman–Crippen MR) is 87.8 cm³/mol. The first-order valence-electron chi connectivity index (χ1n) is 8.42. The van der Waals surface area contributed by atoms with Gasteiger partial charge in [0.15, 0.2) is 0 Å². The smallest absolute Gasteiger partial charge is 0.247 e. The van der Waals surface area contributed by atoms with Crippen molar-refractivity contribution < 1.29 is 13.2 Å². The third kappa shape index (κ3) is 2.72. The monoisotopic (exact) mass is 341 g/mol. The van der Waals surface area contributed by atoms with Gasteiger partial charge in [0.25, 0.3) is 0 Å². The quantitative estimate of drug-likeness (QED) is 0.841. The van der Waals surface area contributed by atoms with E-state index >= 15 is 0 Å². The van der Waals surface area contributed by atoms with E-state index in [2.05, 4.69) is 18.9 Å². The summed E-state index contributed by atoms with van der Waals surface area (Å²) in [5.74, 6) is 0.421. The number of ether oxygens (including phenoxy) is 1. The zero-order valence-electron chi connectivity index (χ0n) is 14.5. The van der Waals surface area contributed by atoms with Crippen molar-refractivity contribution in [2.45, 2.75) is 63.9 Å². The van der Waals surface area contributed by atoms with Gasteiger partial charge in [-0.05, 0) is 39.0 Å². The number of aromatic nitrogens is 2. The SMILES string of the molecule is Cc1nn(CC(C)C)c(C)c1S(=O)(=O)N1CCOCC12CCC2. The van der Waals surface area contributed by atoms with Gasteiger partial charge < -0.3 is 4.74 Å². The Morgan fingerprint density at radius 2 is 2.00 bits per heavy atom. The van der Waals surface area contributed by atoms with Crippen LogP contribution in [-0.2, 0) is 21.3 Å².